The molecule has 2 aromatic rings. The van der Waals surface area contributed by atoms with E-state index in [2.05, 4.69) is 0 Å². The van der Waals surface area contributed by atoms with Crippen molar-refractivity contribution in [2.45, 2.75) is 25.8 Å². The predicted octanol–water partition coefficient (Wildman–Crippen LogP) is 3.55. The van der Waals surface area contributed by atoms with Gasteiger partial charge in [0.1, 0.15) is 0 Å². The van der Waals surface area contributed by atoms with E-state index in [1.165, 1.54) is 0 Å². The van der Waals surface area contributed by atoms with Crippen LogP contribution in [-0.2, 0) is 12.0 Å². The topological polar surface area (TPSA) is 43.1 Å². The molecule has 0 saturated carbocycles. The van der Waals surface area contributed by atoms with Gasteiger partial charge in [0.15, 0.2) is 5.78 Å². The summed E-state index contributed by atoms with van der Waals surface area (Å²) in [6, 6.07) is 17.4. The molecule has 0 aliphatic heterocycles. The van der Waals surface area contributed by atoms with E-state index in [9.17, 15) is 4.79 Å². The van der Waals surface area contributed by atoms with Crippen molar-refractivity contribution in [1.29, 1.82) is 0 Å². The van der Waals surface area contributed by atoms with Crippen molar-refractivity contribution >= 4 is 5.78 Å². The van der Waals surface area contributed by atoms with Crippen LogP contribution in [0.15, 0.2) is 54.6 Å². The second kappa shape index (κ2) is 5.37. The summed E-state index contributed by atoms with van der Waals surface area (Å²) in [6.07, 6.45) is 0.437. The monoisotopic (exact) mass is 255 g/mol. The van der Waals surface area contributed by atoms with Crippen molar-refractivity contribution in [1.82, 2.24) is 0 Å². The highest BCUT2D eigenvalue weighted by atomic mass is 16.1. The highest BCUT2D eigenvalue weighted by Gasteiger charge is 2.14. The number of rotatable bonds is 4. The van der Waals surface area contributed by atoms with Crippen molar-refractivity contribution < 1.29 is 6.22 Å². The average Bonchev–Trinajstić information content (AvgIpc) is 2.39. The Hall–Kier alpha value is -1.93. The third-order valence-electron chi connectivity index (χ3n) is 3.16. The van der Waals surface area contributed by atoms with Gasteiger partial charge in [-0.25, -0.2) is 0 Å². The normalized spacial score (nSPS) is 11.3. The minimum absolute atomic E-state index is 0. The second-order valence-corrected chi connectivity index (χ2v) is 5.38. The molecule has 2 N–H and O–H groups in total. The molecule has 2 rings (SSSR count). The molecular formula is C17H21NO. The Labute approximate surface area is 115 Å². The minimum Gasteiger partial charge on any atom is -0.322 e. The molecule has 2 nitrogen and oxygen atoms in total. The summed E-state index contributed by atoms with van der Waals surface area (Å²) in [7, 11) is 0. The fourth-order valence-electron chi connectivity index (χ4n) is 1.97. The molecular weight excluding hydrogens is 234 g/mol. The first-order valence-corrected chi connectivity index (χ1v) is 6.43. The molecule has 19 heavy (non-hydrogen) atoms. The van der Waals surface area contributed by atoms with Crippen LogP contribution in [0.5, 0.6) is 0 Å². The number of hydrogen-bond acceptors (Lipinski definition) is 2. The third-order valence-corrected chi connectivity index (χ3v) is 3.16. The van der Waals surface area contributed by atoms with Gasteiger partial charge in [0, 0.05) is 18.9 Å². The molecule has 0 aromatic heterocycles. The molecule has 0 amide bonds. The Morgan fingerprint density at radius 2 is 1.63 bits per heavy atom. The van der Waals surface area contributed by atoms with Crippen LogP contribution in [-0.4, -0.2) is 5.78 Å². The van der Waals surface area contributed by atoms with Crippen molar-refractivity contribution in [2.24, 2.45) is 5.73 Å². The maximum atomic E-state index is 12.1. The summed E-state index contributed by atoms with van der Waals surface area (Å²) in [4.78, 5) is 12.1. The lowest BCUT2D eigenvalue weighted by molar-refractivity contribution is 0.0993. The van der Waals surface area contributed by atoms with Gasteiger partial charge in [-0.2, -0.15) is 0 Å². The number of nitrogens with two attached hydrogens (primary N) is 1. The molecule has 2 aromatic carbocycles. The van der Waals surface area contributed by atoms with Crippen molar-refractivity contribution in [3.63, 3.8) is 0 Å². The summed E-state index contributed by atoms with van der Waals surface area (Å²) in [6.45, 7) is 3.90. The van der Waals surface area contributed by atoms with Crippen LogP contribution in [0.3, 0.4) is 0 Å². The van der Waals surface area contributed by atoms with Crippen molar-refractivity contribution in [3.05, 3.63) is 71.3 Å². The zero-order valence-electron chi connectivity index (χ0n) is 11.4. The number of hydrogen-bond donors (Lipinski definition) is 1. The molecule has 0 radical (unpaired) electrons. The summed E-state index contributed by atoms with van der Waals surface area (Å²) >= 11 is 0. The van der Waals surface area contributed by atoms with E-state index in [0.717, 1.165) is 16.7 Å². The Bertz CT molecular complexity index is 556. The second-order valence-electron chi connectivity index (χ2n) is 5.38. The molecule has 0 heterocycles. The fraction of sp³-hybridized carbons (Fsp3) is 0.235. The van der Waals surface area contributed by atoms with Gasteiger partial charge >= 0.3 is 0 Å². The van der Waals surface area contributed by atoms with Gasteiger partial charge in [-0.15, -0.1) is 0 Å². The van der Waals surface area contributed by atoms with E-state index in [-0.39, 0.29) is 12.7 Å². The van der Waals surface area contributed by atoms with E-state index < -0.39 is 0 Å². The number of Topliss-reactive ketones (excluding diaryl/α,β-unsaturated/α-hetero) is 1. The number of carbonyl (C=O) groups excluding carboxylic acids is 1. The maximum absolute atomic E-state index is 12.1. The van der Waals surface area contributed by atoms with Gasteiger partial charge in [0.2, 0.25) is 0 Å². The summed E-state index contributed by atoms with van der Waals surface area (Å²) in [5.74, 6) is 0.132. The van der Waals surface area contributed by atoms with Crippen LogP contribution in [0, 0.1) is 0 Å². The van der Waals surface area contributed by atoms with Crippen LogP contribution in [0.25, 0.3) is 0 Å². The number of carbonyl (C=O) groups is 1. The Kier molecular flexibility index (Phi) is 3.82. The highest BCUT2D eigenvalue weighted by molar-refractivity contribution is 5.97. The van der Waals surface area contributed by atoms with Gasteiger partial charge < -0.3 is 5.73 Å². The predicted molar refractivity (Wildman–Crippen MR) is 80.2 cm³/mol. The first kappa shape index (κ1) is 13.5. The molecule has 0 aliphatic rings. The Morgan fingerprint density at radius 1 is 1.05 bits per heavy atom. The molecule has 0 spiro atoms. The molecule has 100 valence electrons. The van der Waals surface area contributed by atoms with Crippen LogP contribution in [0.2, 0.25) is 0 Å². The van der Waals surface area contributed by atoms with Crippen LogP contribution >= 0.6 is 0 Å². The molecule has 0 bridgehead atoms. The van der Waals surface area contributed by atoms with Gasteiger partial charge in [-0.1, -0.05) is 54.6 Å². The van der Waals surface area contributed by atoms with Crippen LogP contribution in [0.4, 0.5) is 0 Å². The molecule has 0 unspecified atom stereocenters. The Balaban J connectivity index is 0.00000200. The lowest BCUT2D eigenvalue weighted by Crippen LogP contribution is -2.28. The molecule has 0 fully saturated rings. The summed E-state index contributed by atoms with van der Waals surface area (Å²) in [5, 5.41) is 0. The molecule has 0 saturated heterocycles. The zero-order chi connectivity index (χ0) is 13.9. The van der Waals surface area contributed by atoms with E-state index in [1.807, 2.05) is 68.4 Å². The number of ketones is 1. The van der Waals surface area contributed by atoms with Gasteiger partial charge in [0.05, 0.1) is 0 Å². The van der Waals surface area contributed by atoms with Gasteiger partial charge in [-0.05, 0) is 25.0 Å². The third kappa shape index (κ3) is 3.52. The first-order chi connectivity index (χ1) is 8.97. The standard InChI is InChI=1S/C17H19NO.H2/c1-17(2,18)15-10-8-14(9-11-15)16(19)12-13-6-4-3-5-7-13;/h3-11H,12,18H2,1-2H3;1H. The van der Waals surface area contributed by atoms with Crippen LogP contribution in [0.1, 0.15) is 36.8 Å². The highest BCUT2D eigenvalue weighted by Crippen LogP contribution is 2.18. The van der Waals surface area contributed by atoms with E-state index >= 15 is 0 Å². The minimum atomic E-state index is -0.374. The SMILES string of the molecule is CC(C)(N)c1ccc(C(=O)Cc2ccccc2)cc1.[HH]. The fourth-order valence-corrected chi connectivity index (χ4v) is 1.97. The summed E-state index contributed by atoms with van der Waals surface area (Å²) in [5.41, 5.74) is 8.45. The summed E-state index contributed by atoms with van der Waals surface area (Å²) < 4.78 is 0. The smallest absolute Gasteiger partial charge is 0.167 e. The van der Waals surface area contributed by atoms with E-state index in [1.54, 1.807) is 0 Å². The van der Waals surface area contributed by atoms with E-state index in [4.69, 9.17) is 5.73 Å². The first-order valence-electron chi connectivity index (χ1n) is 6.43. The average molecular weight is 255 g/mol. The molecule has 0 aliphatic carbocycles. The largest absolute Gasteiger partial charge is 0.322 e. The zero-order valence-corrected chi connectivity index (χ0v) is 11.4. The molecule has 2 heteroatoms. The Morgan fingerprint density at radius 3 is 2.16 bits per heavy atom. The van der Waals surface area contributed by atoms with E-state index in [0.29, 0.717) is 6.42 Å². The van der Waals surface area contributed by atoms with Gasteiger partial charge in [-0.3, -0.25) is 4.79 Å². The number of benzene rings is 2. The van der Waals surface area contributed by atoms with Gasteiger partial charge in [0.25, 0.3) is 0 Å². The van der Waals surface area contributed by atoms with Crippen LogP contribution < -0.4 is 5.73 Å². The maximum Gasteiger partial charge on any atom is 0.167 e. The van der Waals surface area contributed by atoms with Crippen molar-refractivity contribution in [3.8, 4) is 0 Å². The molecule has 0 atom stereocenters. The lowest BCUT2D eigenvalue weighted by atomic mass is 9.93. The lowest BCUT2D eigenvalue weighted by Gasteiger charge is -2.19. The quantitative estimate of drug-likeness (QED) is 0.849. The van der Waals surface area contributed by atoms with Crippen molar-refractivity contribution in [2.75, 3.05) is 0 Å².